The van der Waals surface area contributed by atoms with E-state index in [1.165, 1.54) is 6.20 Å². The zero-order valence-corrected chi connectivity index (χ0v) is 20.9. The van der Waals surface area contributed by atoms with Gasteiger partial charge in [-0.25, -0.2) is 9.67 Å². The second kappa shape index (κ2) is 11.6. The van der Waals surface area contributed by atoms with E-state index in [4.69, 9.17) is 4.74 Å². The van der Waals surface area contributed by atoms with Gasteiger partial charge >= 0.3 is 0 Å². The maximum absolute atomic E-state index is 12.8. The first-order valence-electron chi connectivity index (χ1n) is 12.2. The van der Waals surface area contributed by atoms with Crippen LogP contribution in [0.3, 0.4) is 0 Å². The molecule has 9 heteroatoms. The molecule has 2 N–H and O–H groups in total. The zero-order chi connectivity index (χ0) is 25.5. The van der Waals surface area contributed by atoms with Crippen LogP contribution in [0.5, 0.6) is 5.75 Å². The van der Waals surface area contributed by atoms with Gasteiger partial charge in [0.05, 0.1) is 25.0 Å². The van der Waals surface area contributed by atoms with Gasteiger partial charge in [-0.3, -0.25) is 14.5 Å². The maximum atomic E-state index is 12.8. The molecule has 2 aromatic heterocycles. The van der Waals surface area contributed by atoms with Crippen LogP contribution in [0, 0.1) is 0 Å². The van der Waals surface area contributed by atoms with E-state index >= 15 is 0 Å². The van der Waals surface area contributed by atoms with Gasteiger partial charge in [0.25, 0.3) is 5.56 Å². The number of aryl methyl sites for hydroxylation is 1. The third-order valence-electron chi connectivity index (χ3n) is 6.30. The summed E-state index contributed by atoms with van der Waals surface area (Å²) >= 11 is 0. The van der Waals surface area contributed by atoms with Crippen LogP contribution in [0.1, 0.15) is 37.7 Å². The normalized spacial score (nSPS) is 12.1. The van der Waals surface area contributed by atoms with E-state index in [9.17, 15) is 9.59 Å². The lowest BCUT2D eigenvalue weighted by Crippen LogP contribution is -2.38. The molecule has 0 aliphatic heterocycles. The molecule has 1 unspecified atom stereocenters. The first kappa shape index (κ1) is 25.1. The van der Waals surface area contributed by atoms with Crippen molar-refractivity contribution in [1.82, 2.24) is 30.0 Å². The molecule has 1 amide bonds. The predicted molar refractivity (Wildman–Crippen MR) is 139 cm³/mol. The van der Waals surface area contributed by atoms with Gasteiger partial charge in [0.1, 0.15) is 17.0 Å². The van der Waals surface area contributed by atoms with Crippen LogP contribution in [0.4, 0.5) is 0 Å². The predicted octanol–water partition coefficient (Wildman–Crippen LogP) is 3.25. The lowest BCUT2D eigenvalue weighted by molar-refractivity contribution is -0.121. The molecule has 4 aromatic rings. The molecular weight excluding hydrogens is 456 g/mol. The van der Waals surface area contributed by atoms with Crippen LogP contribution in [-0.2, 0) is 11.2 Å². The number of nitrogens with zero attached hydrogens (tertiary/aromatic N) is 4. The van der Waals surface area contributed by atoms with Gasteiger partial charge < -0.3 is 15.0 Å². The molecule has 0 radical (unpaired) electrons. The Morgan fingerprint density at radius 3 is 2.64 bits per heavy atom. The van der Waals surface area contributed by atoms with E-state index < -0.39 is 0 Å². The molecule has 0 aliphatic rings. The zero-order valence-electron chi connectivity index (χ0n) is 20.9. The Morgan fingerprint density at radius 1 is 1.14 bits per heavy atom. The molecular formula is C27H32N6O3. The van der Waals surface area contributed by atoms with Crippen LogP contribution in [0.15, 0.2) is 65.6 Å². The number of amides is 1. The standard InChI is InChI=1S/C27H32N6O3/c1-4-32(5-2)23(19-10-9-13-21(16-19)36-3)18-28-25(34)15-14-24-30-26-22(27(35)31-24)17-29-33(26)20-11-7-6-8-12-20/h6-13,16-17,23H,4-5,14-15,18H2,1-3H3,(H,28,34)(H,30,31,35). The summed E-state index contributed by atoms with van der Waals surface area (Å²) in [5.74, 6) is 1.14. The average molecular weight is 489 g/mol. The summed E-state index contributed by atoms with van der Waals surface area (Å²) < 4.78 is 7.02. The lowest BCUT2D eigenvalue weighted by Gasteiger charge is -2.30. The van der Waals surface area contributed by atoms with E-state index in [1.807, 2.05) is 48.5 Å². The highest BCUT2D eigenvalue weighted by atomic mass is 16.5. The molecule has 0 bridgehead atoms. The van der Waals surface area contributed by atoms with Crippen molar-refractivity contribution in [2.75, 3.05) is 26.7 Å². The summed E-state index contributed by atoms with van der Waals surface area (Å²) in [6, 6.07) is 17.5. The molecule has 0 saturated heterocycles. The number of para-hydroxylation sites is 1. The average Bonchev–Trinajstić information content (AvgIpc) is 3.35. The Hall–Kier alpha value is -3.98. The molecule has 188 valence electrons. The fraction of sp³-hybridized carbons (Fsp3) is 0.333. The molecule has 2 aromatic carbocycles. The highest BCUT2D eigenvalue weighted by Crippen LogP contribution is 2.24. The van der Waals surface area contributed by atoms with E-state index in [0.717, 1.165) is 30.1 Å². The van der Waals surface area contributed by atoms with Crippen LogP contribution in [0.25, 0.3) is 16.7 Å². The Balaban J connectivity index is 1.45. The van der Waals surface area contributed by atoms with Gasteiger partial charge in [-0.2, -0.15) is 5.10 Å². The Bertz CT molecular complexity index is 1360. The molecule has 0 spiro atoms. The number of rotatable bonds is 11. The second-order valence-electron chi connectivity index (χ2n) is 8.46. The van der Waals surface area contributed by atoms with Crippen molar-refractivity contribution >= 4 is 16.9 Å². The number of likely N-dealkylation sites (N-methyl/N-ethyl adjacent to an activating group) is 1. The quantitative estimate of drug-likeness (QED) is 0.336. The van der Waals surface area contributed by atoms with Gasteiger partial charge in [-0.05, 0) is 42.9 Å². The van der Waals surface area contributed by atoms with Crippen LogP contribution < -0.4 is 15.6 Å². The third kappa shape index (κ3) is 5.63. The number of ether oxygens (including phenoxy) is 1. The first-order valence-corrected chi connectivity index (χ1v) is 12.2. The molecule has 0 fully saturated rings. The Morgan fingerprint density at radius 2 is 1.92 bits per heavy atom. The number of fused-ring (bicyclic) bond motifs is 1. The molecule has 36 heavy (non-hydrogen) atoms. The highest BCUT2D eigenvalue weighted by molar-refractivity contribution is 5.77. The van der Waals surface area contributed by atoms with Crippen molar-refractivity contribution in [2.45, 2.75) is 32.7 Å². The topological polar surface area (TPSA) is 105 Å². The largest absolute Gasteiger partial charge is 0.497 e. The number of benzene rings is 2. The fourth-order valence-corrected chi connectivity index (χ4v) is 4.34. The highest BCUT2D eigenvalue weighted by Gasteiger charge is 2.20. The molecule has 0 aliphatic carbocycles. The SMILES string of the molecule is CCN(CC)C(CNC(=O)CCc1nc2c(cnn2-c2ccccc2)c(=O)[nH]1)c1cccc(OC)c1. The van der Waals surface area contributed by atoms with Crippen LogP contribution in [0.2, 0.25) is 0 Å². The van der Waals surface area contributed by atoms with E-state index in [0.29, 0.717) is 29.8 Å². The number of methoxy groups -OCH3 is 1. The first-order chi connectivity index (χ1) is 17.5. The maximum Gasteiger partial charge on any atom is 0.262 e. The minimum atomic E-state index is -0.266. The lowest BCUT2D eigenvalue weighted by atomic mass is 10.0. The van der Waals surface area contributed by atoms with Gasteiger partial charge in [-0.1, -0.05) is 44.2 Å². The van der Waals surface area contributed by atoms with Gasteiger partial charge in [0.15, 0.2) is 5.65 Å². The Labute approximate surface area is 210 Å². The summed E-state index contributed by atoms with van der Waals surface area (Å²) in [6.45, 7) is 6.40. The van der Waals surface area contributed by atoms with Gasteiger partial charge in [0.2, 0.25) is 5.91 Å². The minimum Gasteiger partial charge on any atom is -0.497 e. The number of H-pyrrole nitrogens is 1. The van der Waals surface area contributed by atoms with Gasteiger partial charge in [0, 0.05) is 19.4 Å². The second-order valence-corrected chi connectivity index (χ2v) is 8.46. The smallest absolute Gasteiger partial charge is 0.262 e. The van der Waals surface area contributed by atoms with Crippen LogP contribution in [-0.4, -0.2) is 57.3 Å². The van der Waals surface area contributed by atoms with Crippen molar-refractivity contribution in [2.24, 2.45) is 0 Å². The molecule has 2 heterocycles. The summed E-state index contributed by atoms with van der Waals surface area (Å²) in [5.41, 5.74) is 2.11. The van der Waals surface area contributed by atoms with Crippen molar-refractivity contribution in [1.29, 1.82) is 0 Å². The van der Waals surface area contributed by atoms with Crippen molar-refractivity contribution in [3.8, 4) is 11.4 Å². The number of carbonyl (C=O) groups is 1. The summed E-state index contributed by atoms with van der Waals surface area (Å²) in [6.07, 6.45) is 2.03. The number of nitrogens with one attached hydrogen (secondary N) is 2. The molecule has 1 atom stereocenters. The van der Waals surface area contributed by atoms with Gasteiger partial charge in [-0.15, -0.1) is 0 Å². The molecule has 0 saturated carbocycles. The number of hydrogen-bond donors (Lipinski definition) is 2. The summed E-state index contributed by atoms with van der Waals surface area (Å²) in [5, 5.41) is 7.80. The molecule has 9 nitrogen and oxygen atoms in total. The van der Waals surface area contributed by atoms with Crippen LogP contribution >= 0.6 is 0 Å². The number of carbonyl (C=O) groups excluding carboxylic acids is 1. The third-order valence-corrected chi connectivity index (χ3v) is 6.30. The number of aromatic amines is 1. The monoisotopic (exact) mass is 488 g/mol. The van der Waals surface area contributed by atoms with E-state index in [-0.39, 0.29) is 23.9 Å². The van der Waals surface area contributed by atoms with E-state index in [1.54, 1.807) is 11.8 Å². The van der Waals surface area contributed by atoms with Crippen molar-refractivity contribution in [3.63, 3.8) is 0 Å². The molecule has 4 rings (SSSR count). The fourth-order valence-electron chi connectivity index (χ4n) is 4.34. The summed E-state index contributed by atoms with van der Waals surface area (Å²) in [7, 11) is 1.65. The summed E-state index contributed by atoms with van der Waals surface area (Å²) in [4.78, 5) is 35.0. The number of aromatic nitrogens is 4. The van der Waals surface area contributed by atoms with Crippen molar-refractivity contribution < 1.29 is 9.53 Å². The number of hydrogen-bond acceptors (Lipinski definition) is 6. The Kier molecular flexibility index (Phi) is 8.12. The minimum absolute atomic E-state index is 0.0218. The van der Waals surface area contributed by atoms with Crippen molar-refractivity contribution in [3.05, 3.63) is 82.5 Å². The van der Waals surface area contributed by atoms with E-state index in [2.05, 4.69) is 45.2 Å².